The summed E-state index contributed by atoms with van der Waals surface area (Å²) in [5, 5.41) is 25.3. The first-order valence-electron chi connectivity index (χ1n) is 9.46. The molecule has 0 saturated carbocycles. The molecule has 0 aliphatic rings. The zero-order valence-corrected chi connectivity index (χ0v) is 16.6. The maximum absolute atomic E-state index is 12.7. The first-order valence-corrected chi connectivity index (χ1v) is 9.46. The zero-order valence-electron chi connectivity index (χ0n) is 16.6. The van der Waals surface area contributed by atoms with Crippen molar-refractivity contribution >= 4 is 17.6 Å². The van der Waals surface area contributed by atoms with Crippen LogP contribution < -0.4 is 14.8 Å². The molecule has 4 aromatic rings. The number of tetrazole rings is 1. The number of aliphatic carboxylic acids is 1. The number of hydrogen-bond donors (Lipinski definition) is 3. The summed E-state index contributed by atoms with van der Waals surface area (Å²) < 4.78 is 11.1. The molecule has 0 saturated heterocycles. The number of carboxylic acid groups (broad SMARTS) is 1. The first kappa shape index (κ1) is 20.5. The number of aromatic amines is 1. The van der Waals surface area contributed by atoms with Gasteiger partial charge in [-0.3, -0.25) is 4.79 Å². The van der Waals surface area contributed by atoms with E-state index in [4.69, 9.17) is 14.6 Å². The third kappa shape index (κ3) is 4.87. The summed E-state index contributed by atoms with van der Waals surface area (Å²) in [6, 6.07) is 20.4. The number of amides is 1. The van der Waals surface area contributed by atoms with Crippen LogP contribution >= 0.6 is 0 Å². The van der Waals surface area contributed by atoms with Crippen molar-refractivity contribution in [2.75, 3.05) is 11.9 Å². The summed E-state index contributed by atoms with van der Waals surface area (Å²) in [6.07, 6.45) is 0. The largest absolute Gasteiger partial charge is 0.482 e. The maximum Gasteiger partial charge on any atom is 0.341 e. The van der Waals surface area contributed by atoms with E-state index in [1.54, 1.807) is 42.5 Å². The lowest BCUT2D eigenvalue weighted by Gasteiger charge is -2.14. The molecule has 10 heteroatoms. The second-order valence-corrected chi connectivity index (χ2v) is 6.51. The van der Waals surface area contributed by atoms with Gasteiger partial charge in [0.05, 0.1) is 11.3 Å². The van der Waals surface area contributed by atoms with Gasteiger partial charge < -0.3 is 19.9 Å². The molecule has 0 fully saturated rings. The number of benzene rings is 3. The lowest BCUT2D eigenvalue weighted by Crippen LogP contribution is -2.13. The van der Waals surface area contributed by atoms with Crippen LogP contribution in [0.1, 0.15) is 10.4 Å². The molecule has 0 aliphatic heterocycles. The summed E-state index contributed by atoms with van der Waals surface area (Å²) in [4.78, 5) is 23.3. The highest BCUT2D eigenvalue weighted by molar-refractivity contribution is 6.05. The molecule has 0 bridgehead atoms. The van der Waals surface area contributed by atoms with Crippen LogP contribution in [0.3, 0.4) is 0 Å². The van der Waals surface area contributed by atoms with Gasteiger partial charge in [-0.05, 0) is 59.0 Å². The molecule has 3 N–H and O–H groups in total. The number of ether oxygens (including phenoxy) is 2. The van der Waals surface area contributed by atoms with Crippen molar-refractivity contribution in [3.63, 3.8) is 0 Å². The van der Waals surface area contributed by atoms with E-state index < -0.39 is 12.6 Å². The van der Waals surface area contributed by atoms with Gasteiger partial charge in [-0.15, -0.1) is 5.10 Å². The van der Waals surface area contributed by atoms with E-state index >= 15 is 0 Å². The Morgan fingerprint density at radius 3 is 2.38 bits per heavy atom. The minimum Gasteiger partial charge on any atom is -0.482 e. The summed E-state index contributed by atoms with van der Waals surface area (Å²) in [5.74, 6) is 0.302. The van der Waals surface area contributed by atoms with E-state index in [-0.39, 0.29) is 5.91 Å². The lowest BCUT2D eigenvalue weighted by molar-refractivity contribution is -0.139. The van der Waals surface area contributed by atoms with E-state index in [0.29, 0.717) is 39.9 Å². The topological polar surface area (TPSA) is 139 Å². The van der Waals surface area contributed by atoms with Gasteiger partial charge >= 0.3 is 5.97 Å². The Morgan fingerprint density at radius 2 is 1.66 bits per heavy atom. The second-order valence-electron chi connectivity index (χ2n) is 6.51. The third-order valence-corrected chi connectivity index (χ3v) is 4.32. The molecule has 0 spiro atoms. The van der Waals surface area contributed by atoms with Crippen LogP contribution in [0, 0.1) is 0 Å². The lowest BCUT2D eigenvalue weighted by atomic mass is 10.2. The predicted octanol–water partition coefficient (Wildman–Crippen LogP) is 3.37. The molecule has 1 aromatic heterocycles. The third-order valence-electron chi connectivity index (χ3n) is 4.32. The van der Waals surface area contributed by atoms with E-state index in [1.807, 2.05) is 18.2 Å². The number of para-hydroxylation sites is 3. The minimum absolute atomic E-state index is 0.353. The van der Waals surface area contributed by atoms with E-state index in [2.05, 4.69) is 25.9 Å². The van der Waals surface area contributed by atoms with Crippen molar-refractivity contribution in [1.29, 1.82) is 0 Å². The number of H-pyrrole nitrogens is 1. The summed E-state index contributed by atoms with van der Waals surface area (Å²) in [7, 11) is 0. The highest BCUT2D eigenvalue weighted by atomic mass is 16.5. The molecule has 4 rings (SSSR count). The summed E-state index contributed by atoms with van der Waals surface area (Å²) >= 11 is 0. The van der Waals surface area contributed by atoms with Crippen LogP contribution in [0.25, 0.3) is 11.4 Å². The van der Waals surface area contributed by atoms with Crippen molar-refractivity contribution in [1.82, 2.24) is 20.6 Å². The molecule has 3 aromatic carbocycles. The monoisotopic (exact) mass is 431 g/mol. The molecule has 1 amide bonds. The molecule has 1 heterocycles. The first-order chi connectivity index (χ1) is 15.6. The molecular weight excluding hydrogens is 414 g/mol. The van der Waals surface area contributed by atoms with Crippen LogP contribution in [0.4, 0.5) is 5.69 Å². The fourth-order valence-electron chi connectivity index (χ4n) is 2.84. The molecule has 0 radical (unpaired) electrons. The highest BCUT2D eigenvalue weighted by Crippen LogP contribution is 2.34. The van der Waals surface area contributed by atoms with E-state index in [9.17, 15) is 9.59 Å². The fourth-order valence-corrected chi connectivity index (χ4v) is 2.84. The quantitative estimate of drug-likeness (QED) is 0.386. The Balaban J connectivity index is 1.51. The van der Waals surface area contributed by atoms with Crippen LogP contribution in [0.2, 0.25) is 0 Å². The van der Waals surface area contributed by atoms with Crippen molar-refractivity contribution < 1.29 is 24.2 Å². The number of carboxylic acids is 1. The van der Waals surface area contributed by atoms with Gasteiger partial charge in [0, 0.05) is 5.56 Å². The molecule has 0 aliphatic carbocycles. The van der Waals surface area contributed by atoms with Crippen molar-refractivity contribution in [3.05, 3.63) is 78.4 Å². The molecular formula is C22H17N5O5. The standard InChI is InChI=1S/C22H17N5O5/c28-20(29)13-31-15-11-9-14(10-12-15)22(30)23-17-6-2-4-8-19(17)32-18-7-3-1-5-16(18)21-24-26-27-25-21/h1-12H,13H2,(H,23,30)(H,28,29)(H,24,25,26,27). The Kier molecular flexibility index (Phi) is 6.03. The van der Waals surface area contributed by atoms with Crippen molar-refractivity contribution in [3.8, 4) is 28.6 Å². The number of nitrogens with zero attached hydrogens (tertiary/aromatic N) is 3. The minimum atomic E-state index is -1.08. The van der Waals surface area contributed by atoms with Gasteiger partial charge in [0.1, 0.15) is 11.5 Å². The van der Waals surface area contributed by atoms with E-state index in [1.165, 1.54) is 12.1 Å². The van der Waals surface area contributed by atoms with Gasteiger partial charge in [-0.2, -0.15) is 0 Å². The molecule has 0 unspecified atom stereocenters. The Hall–Kier alpha value is -4.73. The number of nitrogens with one attached hydrogen (secondary N) is 2. The fraction of sp³-hybridized carbons (Fsp3) is 0.0455. The van der Waals surface area contributed by atoms with Crippen LogP contribution in [0.5, 0.6) is 17.2 Å². The second kappa shape index (κ2) is 9.39. The summed E-state index contributed by atoms with van der Waals surface area (Å²) in [6.45, 7) is -0.456. The van der Waals surface area contributed by atoms with Gasteiger partial charge in [-0.1, -0.05) is 24.3 Å². The molecule has 0 atom stereocenters. The number of aromatic nitrogens is 4. The molecule has 32 heavy (non-hydrogen) atoms. The predicted molar refractivity (Wildman–Crippen MR) is 114 cm³/mol. The Labute approximate surface area is 181 Å². The number of anilines is 1. The van der Waals surface area contributed by atoms with Crippen molar-refractivity contribution in [2.24, 2.45) is 0 Å². The highest BCUT2D eigenvalue weighted by Gasteiger charge is 2.14. The van der Waals surface area contributed by atoms with Crippen LogP contribution in [-0.4, -0.2) is 44.2 Å². The van der Waals surface area contributed by atoms with Gasteiger partial charge in [0.15, 0.2) is 18.2 Å². The Morgan fingerprint density at radius 1 is 0.938 bits per heavy atom. The number of rotatable bonds is 8. The zero-order chi connectivity index (χ0) is 22.3. The smallest absolute Gasteiger partial charge is 0.341 e. The number of carbonyl (C=O) groups is 2. The van der Waals surface area contributed by atoms with Gasteiger partial charge in [0.2, 0.25) is 0 Å². The van der Waals surface area contributed by atoms with Gasteiger partial charge in [-0.25, -0.2) is 9.89 Å². The maximum atomic E-state index is 12.7. The number of carbonyl (C=O) groups excluding carboxylic acids is 1. The van der Waals surface area contributed by atoms with Crippen LogP contribution in [0.15, 0.2) is 72.8 Å². The SMILES string of the molecule is O=C(O)COc1ccc(C(=O)Nc2ccccc2Oc2ccccc2-c2nnn[nH]2)cc1. The van der Waals surface area contributed by atoms with Crippen molar-refractivity contribution in [2.45, 2.75) is 0 Å². The molecule has 10 nitrogen and oxygen atoms in total. The Bertz CT molecular complexity index is 1230. The summed E-state index contributed by atoms with van der Waals surface area (Å²) in [5.41, 5.74) is 1.50. The average molecular weight is 431 g/mol. The molecule has 160 valence electrons. The average Bonchev–Trinajstić information content (AvgIpc) is 3.34. The van der Waals surface area contributed by atoms with Crippen LogP contribution in [-0.2, 0) is 4.79 Å². The number of hydrogen-bond acceptors (Lipinski definition) is 7. The normalized spacial score (nSPS) is 10.4. The van der Waals surface area contributed by atoms with E-state index in [0.717, 1.165) is 0 Å². The van der Waals surface area contributed by atoms with Gasteiger partial charge in [0.25, 0.3) is 5.91 Å².